The lowest BCUT2D eigenvalue weighted by molar-refractivity contribution is -0.123. The number of aromatic nitrogens is 1. The van der Waals surface area contributed by atoms with Crippen LogP contribution < -0.4 is 5.32 Å². The van der Waals surface area contributed by atoms with Crippen molar-refractivity contribution in [2.24, 2.45) is 0 Å². The van der Waals surface area contributed by atoms with Crippen molar-refractivity contribution in [3.63, 3.8) is 0 Å². The van der Waals surface area contributed by atoms with E-state index in [1.807, 2.05) is 0 Å². The molecule has 0 unspecified atom stereocenters. The van der Waals surface area contributed by atoms with Gasteiger partial charge in [-0.05, 0) is 50.1 Å². The highest BCUT2D eigenvalue weighted by molar-refractivity contribution is 7.89. The molecule has 10 heteroatoms. The molecule has 0 bridgehead atoms. The number of ether oxygens (including phenoxy) is 1. The van der Waals surface area contributed by atoms with Gasteiger partial charge in [-0.15, -0.1) is 0 Å². The summed E-state index contributed by atoms with van der Waals surface area (Å²) in [6.45, 7) is 2.34. The Labute approximate surface area is 180 Å². The highest BCUT2D eigenvalue weighted by atomic mass is 35.5. The van der Waals surface area contributed by atoms with Crippen molar-refractivity contribution in [3.8, 4) is 0 Å². The lowest BCUT2D eigenvalue weighted by Crippen LogP contribution is -2.35. The molecule has 2 heterocycles. The lowest BCUT2D eigenvalue weighted by atomic mass is 10.2. The average molecular weight is 452 g/mol. The first kappa shape index (κ1) is 22.2. The highest BCUT2D eigenvalue weighted by Crippen LogP contribution is 2.22. The number of carbonyl (C=O) groups is 2. The van der Waals surface area contributed by atoms with Crippen molar-refractivity contribution < 1.29 is 22.7 Å². The number of nitrogens with zero attached hydrogens (tertiary/aromatic N) is 2. The van der Waals surface area contributed by atoms with Crippen LogP contribution in [0.3, 0.4) is 0 Å². The van der Waals surface area contributed by atoms with Crippen LogP contribution in [-0.2, 0) is 19.6 Å². The lowest BCUT2D eigenvalue weighted by Gasteiger charge is -2.26. The largest absolute Gasteiger partial charge is 0.449 e. The molecule has 1 fully saturated rings. The van der Waals surface area contributed by atoms with Gasteiger partial charge in [0.05, 0.1) is 15.5 Å². The Hall–Kier alpha value is -2.49. The number of rotatable bonds is 6. The predicted molar refractivity (Wildman–Crippen MR) is 112 cm³/mol. The van der Waals surface area contributed by atoms with Crippen LogP contribution in [-0.4, -0.2) is 48.8 Å². The third-order valence-corrected chi connectivity index (χ3v) is 6.77. The zero-order valence-electron chi connectivity index (χ0n) is 16.4. The van der Waals surface area contributed by atoms with Crippen molar-refractivity contribution in [1.82, 2.24) is 9.29 Å². The Balaban J connectivity index is 1.67. The Morgan fingerprint density at radius 3 is 2.57 bits per heavy atom. The molecule has 30 heavy (non-hydrogen) atoms. The SMILES string of the molecule is C[C@@H](OC(=O)c1cccc(S(=O)(=O)N2CCCCC2)c1)C(=O)Nc1ccc(Cl)cn1. The normalized spacial score (nSPS) is 15.9. The molecule has 0 aliphatic carbocycles. The van der Waals surface area contributed by atoms with Crippen LogP contribution in [0, 0.1) is 0 Å². The number of esters is 1. The fourth-order valence-electron chi connectivity index (χ4n) is 3.00. The van der Waals surface area contributed by atoms with Gasteiger partial charge in [0, 0.05) is 19.3 Å². The van der Waals surface area contributed by atoms with E-state index in [9.17, 15) is 18.0 Å². The maximum absolute atomic E-state index is 12.8. The van der Waals surface area contributed by atoms with E-state index in [2.05, 4.69) is 10.3 Å². The smallest absolute Gasteiger partial charge is 0.338 e. The van der Waals surface area contributed by atoms with E-state index in [0.29, 0.717) is 18.1 Å². The minimum Gasteiger partial charge on any atom is -0.449 e. The topological polar surface area (TPSA) is 106 Å². The minimum atomic E-state index is -3.68. The average Bonchev–Trinajstić information content (AvgIpc) is 2.76. The maximum Gasteiger partial charge on any atom is 0.338 e. The number of amides is 1. The van der Waals surface area contributed by atoms with Crippen LogP contribution in [0.1, 0.15) is 36.5 Å². The van der Waals surface area contributed by atoms with Gasteiger partial charge in [-0.3, -0.25) is 4.79 Å². The third kappa shape index (κ3) is 5.35. The van der Waals surface area contributed by atoms with Gasteiger partial charge in [0.15, 0.2) is 6.10 Å². The van der Waals surface area contributed by atoms with Gasteiger partial charge < -0.3 is 10.1 Å². The molecule has 1 aromatic carbocycles. The molecule has 1 amide bonds. The summed E-state index contributed by atoms with van der Waals surface area (Å²) in [5.74, 6) is -1.10. The summed E-state index contributed by atoms with van der Waals surface area (Å²) in [4.78, 5) is 28.7. The summed E-state index contributed by atoms with van der Waals surface area (Å²) in [6, 6.07) is 8.73. The molecule has 8 nitrogen and oxygen atoms in total. The minimum absolute atomic E-state index is 0.0290. The molecule has 0 spiro atoms. The van der Waals surface area contributed by atoms with Crippen LogP contribution in [0.2, 0.25) is 5.02 Å². The first-order chi connectivity index (χ1) is 14.3. The fraction of sp³-hybridized carbons (Fsp3) is 0.350. The second-order valence-electron chi connectivity index (χ2n) is 6.89. The van der Waals surface area contributed by atoms with E-state index >= 15 is 0 Å². The number of hydrogen-bond donors (Lipinski definition) is 1. The van der Waals surface area contributed by atoms with Crippen molar-refractivity contribution in [2.75, 3.05) is 18.4 Å². The number of sulfonamides is 1. The van der Waals surface area contributed by atoms with E-state index < -0.39 is 28.0 Å². The van der Waals surface area contributed by atoms with E-state index in [0.717, 1.165) is 19.3 Å². The number of nitrogens with one attached hydrogen (secondary N) is 1. The molecule has 0 radical (unpaired) electrons. The molecular weight excluding hydrogens is 430 g/mol. The predicted octanol–water partition coefficient (Wildman–Crippen LogP) is 3.09. The summed E-state index contributed by atoms with van der Waals surface area (Å²) in [5, 5.41) is 2.94. The van der Waals surface area contributed by atoms with Crippen LogP contribution in [0.25, 0.3) is 0 Å². The first-order valence-electron chi connectivity index (χ1n) is 9.51. The molecular formula is C20H22ClN3O5S. The van der Waals surface area contributed by atoms with Crippen molar-refractivity contribution >= 4 is 39.3 Å². The summed E-state index contributed by atoms with van der Waals surface area (Å²) in [7, 11) is -3.68. The number of benzene rings is 1. The molecule has 160 valence electrons. The van der Waals surface area contributed by atoms with Crippen LogP contribution in [0.5, 0.6) is 0 Å². The standard InChI is InChI=1S/C20H22ClN3O5S/c1-14(19(25)23-18-9-8-16(21)13-22-18)29-20(26)15-6-5-7-17(12-15)30(27,28)24-10-3-2-4-11-24/h5-9,12-14H,2-4,10-11H2,1H3,(H,22,23,25)/t14-/m1/s1. The van der Waals surface area contributed by atoms with E-state index in [-0.39, 0.29) is 16.3 Å². The van der Waals surface area contributed by atoms with Gasteiger partial charge in [-0.1, -0.05) is 24.1 Å². The van der Waals surface area contributed by atoms with Gasteiger partial charge in [0.1, 0.15) is 5.82 Å². The number of hydrogen-bond acceptors (Lipinski definition) is 6. The molecule has 1 saturated heterocycles. The monoisotopic (exact) mass is 451 g/mol. The van der Waals surface area contributed by atoms with E-state index in [1.165, 1.54) is 47.8 Å². The molecule has 0 saturated carbocycles. The highest BCUT2D eigenvalue weighted by Gasteiger charge is 2.27. The van der Waals surface area contributed by atoms with Gasteiger partial charge >= 0.3 is 5.97 Å². The van der Waals surface area contributed by atoms with Gasteiger partial charge in [0.2, 0.25) is 10.0 Å². The fourth-order valence-corrected chi connectivity index (χ4v) is 4.67. The number of anilines is 1. The van der Waals surface area contributed by atoms with E-state index in [1.54, 1.807) is 6.07 Å². The molecule has 1 atom stereocenters. The Morgan fingerprint density at radius 2 is 1.90 bits per heavy atom. The number of carbonyl (C=O) groups excluding carboxylic acids is 2. The summed E-state index contributed by atoms with van der Waals surface area (Å²) in [5.41, 5.74) is 0.0531. The molecule has 1 aromatic heterocycles. The zero-order chi connectivity index (χ0) is 21.7. The van der Waals surface area contributed by atoms with Gasteiger partial charge in [-0.2, -0.15) is 4.31 Å². The van der Waals surface area contributed by atoms with Gasteiger partial charge in [-0.25, -0.2) is 18.2 Å². The van der Waals surface area contributed by atoms with Crippen molar-refractivity contribution in [1.29, 1.82) is 0 Å². The maximum atomic E-state index is 12.8. The molecule has 1 aliphatic rings. The van der Waals surface area contributed by atoms with Crippen LogP contribution in [0.15, 0.2) is 47.5 Å². The van der Waals surface area contributed by atoms with E-state index in [4.69, 9.17) is 16.3 Å². The molecule has 2 aromatic rings. The first-order valence-corrected chi connectivity index (χ1v) is 11.3. The second-order valence-corrected chi connectivity index (χ2v) is 9.27. The molecule has 3 rings (SSSR count). The van der Waals surface area contributed by atoms with Crippen LogP contribution >= 0.6 is 11.6 Å². The number of pyridine rings is 1. The summed E-state index contributed by atoms with van der Waals surface area (Å²) in [6.07, 6.45) is 2.90. The Bertz CT molecular complexity index is 1020. The van der Waals surface area contributed by atoms with Crippen LogP contribution in [0.4, 0.5) is 5.82 Å². The van der Waals surface area contributed by atoms with Gasteiger partial charge in [0.25, 0.3) is 5.91 Å². The summed E-state index contributed by atoms with van der Waals surface area (Å²) >= 11 is 5.75. The quantitative estimate of drug-likeness (QED) is 0.676. The van der Waals surface area contributed by atoms with Crippen molar-refractivity contribution in [2.45, 2.75) is 37.2 Å². The second kappa shape index (κ2) is 9.55. The van der Waals surface area contributed by atoms with Crippen molar-refractivity contribution in [3.05, 3.63) is 53.2 Å². The summed E-state index contributed by atoms with van der Waals surface area (Å²) < 4.78 is 32.2. The zero-order valence-corrected chi connectivity index (χ0v) is 17.9. The molecule has 1 aliphatic heterocycles. The Kier molecular flexibility index (Phi) is 7.06. The number of piperidine rings is 1. The third-order valence-electron chi connectivity index (χ3n) is 4.65. The Morgan fingerprint density at radius 1 is 1.17 bits per heavy atom. The number of halogens is 1. The molecule has 1 N–H and O–H groups in total.